The van der Waals surface area contributed by atoms with E-state index in [1.54, 1.807) is 26.0 Å². The van der Waals surface area contributed by atoms with Gasteiger partial charge in [0, 0.05) is 23.7 Å². The Kier molecular flexibility index (Phi) is 8.66. The topological polar surface area (TPSA) is 61.8 Å². The van der Waals surface area contributed by atoms with Crippen LogP contribution in [0, 0.1) is 5.82 Å². The van der Waals surface area contributed by atoms with Gasteiger partial charge in [0.1, 0.15) is 5.82 Å². The second kappa shape index (κ2) is 11.1. The lowest BCUT2D eigenvalue weighted by atomic mass is 9.87. The molecule has 0 aromatic heterocycles. The normalized spacial score (nSPS) is 14.7. The molecule has 186 valence electrons. The number of hydrogen-bond donors (Lipinski definition) is 2. The molecule has 0 saturated carbocycles. The summed E-state index contributed by atoms with van der Waals surface area (Å²) in [6, 6.07) is 9.04. The van der Waals surface area contributed by atoms with Gasteiger partial charge in [0.25, 0.3) is 0 Å². The van der Waals surface area contributed by atoms with E-state index in [9.17, 15) is 14.3 Å². The molecule has 34 heavy (non-hydrogen) atoms. The van der Waals surface area contributed by atoms with Gasteiger partial charge in [-0.1, -0.05) is 27.7 Å². The number of rotatable bonds is 8. The lowest BCUT2D eigenvalue weighted by Crippen LogP contribution is -2.36. The van der Waals surface area contributed by atoms with E-state index in [1.807, 2.05) is 45.9 Å². The zero-order valence-corrected chi connectivity index (χ0v) is 21.9. The van der Waals surface area contributed by atoms with Gasteiger partial charge in [0.15, 0.2) is 0 Å². The van der Waals surface area contributed by atoms with Crippen LogP contribution in [-0.2, 0) is 21.6 Å². The van der Waals surface area contributed by atoms with Crippen LogP contribution in [-0.4, -0.2) is 37.3 Å². The molecule has 2 aromatic rings. The van der Waals surface area contributed by atoms with Gasteiger partial charge in [-0.3, -0.25) is 9.52 Å². The molecule has 2 aromatic carbocycles. The molecular formula is C27H37FN2O3S. The van der Waals surface area contributed by atoms with Gasteiger partial charge in [-0.05, 0) is 90.2 Å². The summed E-state index contributed by atoms with van der Waals surface area (Å²) < 4.78 is 22.7. The minimum absolute atomic E-state index is 0.114. The van der Waals surface area contributed by atoms with Crippen LogP contribution >= 0.6 is 11.9 Å². The Bertz CT molecular complexity index is 982. The molecular weight excluding hydrogens is 451 g/mol. The van der Waals surface area contributed by atoms with Gasteiger partial charge in [0.2, 0.25) is 5.91 Å². The van der Waals surface area contributed by atoms with Crippen LogP contribution in [0.25, 0.3) is 0 Å². The van der Waals surface area contributed by atoms with E-state index in [4.69, 9.17) is 4.74 Å². The fraction of sp³-hybridized carbons (Fsp3) is 0.519. The molecule has 1 heterocycles. The van der Waals surface area contributed by atoms with Crippen molar-refractivity contribution in [3.05, 3.63) is 58.4 Å². The zero-order chi connectivity index (χ0) is 25.0. The number of carbonyl (C=O) groups is 1. The average Bonchev–Trinajstić information content (AvgIpc) is 2.78. The third-order valence-electron chi connectivity index (χ3n) is 6.12. The van der Waals surface area contributed by atoms with Gasteiger partial charge >= 0.3 is 0 Å². The third-order valence-corrected chi connectivity index (χ3v) is 6.92. The number of aliphatic hydroxyl groups is 1. The number of anilines is 1. The summed E-state index contributed by atoms with van der Waals surface area (Å²) in [6.45, 7) is 14.5. The smallest absolute Gasteiger partial charge is 0.234 e. The summed E-state index contributed by atoms with van der Waals surface area (Å²) in [6.07, 6.45) is 0.190. The van der Waals surface area contributed by atoms with Crippen molar-refractivity contribution in [1.82, 2.24) is 4.72 Å². The molecule has 2 N–H and O–H groups in total. The van der Waals surface area contributed by atoms with E-state index in [2.05, 4.69) is 9.62 Å². The first-order chi connectivity index (χ1) is 16.0. The number of carbonyl (C=O) groups excluding carboxylic acids is 1. The van der Waals surface area contributed by atoms with Crippen LogP contribution in [0.5, 0.6) is 0 Å². The Morgan fingerprint density at radius 3 is 2.21 bits per heavy atom. The zero-order valence-electron chi connectivity index (χ0n) is 21.1. The largest absolute Gasteiger partial charge is 0.386 e. The van der Waals surface area contributed by atoms with Crippen LogP contribution < -0.4 is 9.62 Å². The molecule has 7 heteroatoms. The maximum Gasteiger partial charge on any atom is 0.234 e. The first kappa shape index (κ1) is 26.5. The number of halogens is 1. The fourth-order valence-electron chi connectivity index (χ4n) is 4.23. The predicted molar refractivity (Wildman–Crippen MR) is 137 cm³/mol. The summed E-state index contributed by atoms with van der Waals surface area (Å²) in [7, 11) is 0. The van der Waals surface area contributed by atoms with Crippen molar-refractivity contribution in [2.45, 2.75) is 70.3 Å². The van der Waals surface area contributed by atoms with Crippen LogP contribution in [0.2, 0.25) is 0 Å². The van der Waals surface area contributed by atoms with Crippen molar-refractivity contribution in [2.75, 3.05) is 31.2 Å². The highest BCUT2D eigenvalue weighted by Gasteiger charge is 2.22. The van der Waals surface area contributed by atoms with Gasteiger partial charge in [-0.15, -0.1) is 0 Å². The number of nitrogens with one attached hydrogen (secondary N) is 1. The summed E-state index contributed by atoms with van der Waals surface area (Å²) in [5.74, 6) is -0.168. The molecule has 0 unspecified atom stereocenters. The molecule has 3 rings (SSSR count). The quantitative estimate of drug-likeness (QED) is 0.480. The Balaban J connectivity index is 1.81. The lowest BCUT2D eigenvalue weighted by Gasteiger charge is -2.30. The second-order valence-electron chi connectivity index (χ2n) is 10.1. The number of amides is 1. The van der Waals surface area contributed by atoms with E-state index >= 15 is 0 Å². The number of benzene rings is 2. The van der Waals surface area contributed by atoms with Crippen molar-refractivity contribution in [2.24, 2.45) is 0 Å². The number of morpholine rings is 1. The van der Waals surface area contributed by atoms with E-state index in [-0.39, 0.29) is 30.0 Å². The summed E-state index contributed by atoms with van der Waals surface area (Å²) in [5, 5.41) is 10.6. The van der Waals surface area contributed by atoms with Gasteiger partial charge in [0.05, 0.1) is 25.2 Å². The maximum atomic E-state index is 14.2. The monoisotopic (exact) mass is 488 g/mol. The Morgan fingerprint density at radius 2 is 1.68 bits per heavy atom. The lowest BCUT2D eigenvalue weighted by molar-refractivity contribution is -0.118. The first-order valence-electron chi connectivity index (χ1n) is 11.9. The fourth-order valence-corrected chi connectivity index (χ4v) is 4.90. The molecule has 1 aliphatic rings. The van der Waals surface area contributed by atoms with E-state index < -0.39 is 5.60 Å². The van der Waals surface area contributed by atoms with E-state index in [0.717, 1.165) is 45.9 Å². The van der Waals surface area contributed by atoms with Crippen LogP contribution in [0.3, 0.4) is 0 Å². The number of ether oxygens (including phenoxy) is 1. The molecule has 1 saturated heterocycles. The molecule has 1 aliphatic heterocycles. The SMILES string of the molecule is CC(C)c1cc(F)cc(C(C)C)c1CC(=O)NSc1cc(N2CCOCC2)cc(C(C)(C)O)c1. The van der Waals surface area contributed by atoms with Gasteiger partial charge in [-0.2, -0.15) is 0 Å². The molecule has 1 amide bonds. The molecule has 0 radical (unpaired) electrons. The Morgan fingerprint density at radius 1 is 1.09 bits per heavy atom. The molecule has 5 nitrogen and oxygen atoms in total. The van der Waals surface area contributed by atoms with Gasteiger partial charge in [-0.25, -0.2) is 4.39 Å². The highest BCUT2D eigenvalue weighted by atomic mass is 32.2. The second-order valence-corrected chi connectivity index (χ2v) is 10.9. The first-order valence-corrected chi connectivity index (χ1v) is 12.8. The summed E-state index contributed by atoms with van der Waals surface area (Å²) in [5.41, 5.74) is 3.45. The highest BCUT2D eigenvalue weighted by Crippen LogP contribution is 2.32. The standard InChI is InChI=1S/C27H37FN2O3S/c1-17(2)23-13-20(28)14-24(18(3)4)25(23)16-26(31)29-34-22-12-19(27(5,6)32)11-21(15-22)30-7-9-33-10-8-30/h11-15,17-18,32H,7-10,16H2,1-6H3,(H,29,31). The molecule has 0 atom stereocenters. The van der Waals surface area contributed by atoms with Crippen molar-refractivity contribution < 1.29 is 19.0 Å². The third kappa shape index (κ3) is 6.74. The maximum absolute atomic E-state index is 14.2. The van der Waals surface area contributed by atoms with Crippen molar-refractivity contribution in [3.8, 4) is 0 Å². The minimum atomic E-state index is -1.01. The van der Waals surface area contributed by atoms with E-state index in [1.165, 1.54) is 11.9 Å². The van der Waals surface area contributed by atoms with Gasteiger partial charge < -0.3 is 14.7 Å². The average molecular weight is 489 g/mol. The predicted octanol–water partition coefficient (Wildman–Crippen LogP) is 5.50. The van der Waals surface area contributed by atoms with Crippen LogP contribution in [0.1, 0.15) is 75.6 Å². The Labute approximate surface area is 207 Å². The highest BCUT2D eigenvalue weighted by molar-refractivity contribution is 7.98. The molecule has 1 fully saturated rings. The van der Waals surface area contributed by atoms with Crippen LogP contribution in [0.15, 0.2) is 35.2 Å². The summed E-state index contributed by atoms with van der Waals surface area (Å²) >= 11 is 1.25. The Hall–Kier alpha value is -2.09. The molecule has 0 spiro atoms. The van der Waals surface area contributed by atoms with Crippen molar-refractivity contribution in [3.63, 3.8) is 0 Å². The van der Waals surface area contributed by atoms with Crippen molar-refractivity contribution in [1.29, 1.82) is 0 Å². The van der Waals surface area contributed by atoms with E-state index in [0.29, 0.717) is 13.2 Å². The van der Waals surface area contributed by atoms with Crippen LogP contribution in [0.4, 0.5) is 10.1 Å². The molecule has 0 aliphatic carbocycles. The van der Waals surface area contributed by atoms with Crippen molar-refractivity contribution >= 4 is 23.5 Å². The molecule has 0 bridgehead atoms. The minimum Gasteiger partial charge on any atom is -0.386 e. The summed E-state index contributed by atoms with van der Waals surface area (Å²) in [4.78, 5) is 16.1. The number of hydrogen-bond acceptors (Lipinski definition) is 5. The number of nitrogens with zero attached hydrogens (tertiary/aromatic N) is 1.